The van der Waals surface area contributed by atoms with Crippen molar-refractivity contribution in [2.45, 2.75) is 64.8 Å². The van der Waals surface area contributed by atoms with Crippen molar-refractivity contribution < 1.29 is 14.1 Å². The molecule has 2 atom stereocenters. The molecule has 1 aliphatic heterocycles. The summed E-state index contributed by atoms with van der Waals surface area (Å²) >= 11 is 0. The number of nitrogens with zero attached hydrogens (tertiary/aromatic N) is 3. The smallest absolute Gasteiger partial charge is 0.226 e. The van der Waals surface area contributed by atoms with E-state index in [2.05, 4.69) is 17.1 Å². The SMILES string of the molecule is CCCc1noc(CCCC(=O)N2CC(C(N)=O)CCC2C)n1. The maximum Gasteiger partial charge on any atom is 0.226 e. The fraction of sp³-hybridized carbons (Fsp3) is 0.750. The van der Waals surface area contributed by atoms with E-state index in [4.69, 9.17) is 10.3 Å². The van der Waals surface area contributed by atoms with Crippen LogP contribution in [0.4, 0.5) is 0 Å². The summed E-state index contributed by atoms with van der Waals surface area (Å²) in [6.45, 7) is 4.52. The number of rotatable bonds is 7. The molecule has 0 saturated carbocycles. The van der Waals surface area contributed by atoms with E-state index in [9.17, 15) is 9.59 Å². The Hall–Kier alpha value is -1.92. The van der Waals surface area contributed by atoms with Crippen molar-refractivity contribution in [2.24, 2.45) is 11.7 Å². The van der Waals surface area contributed by atoms with Crippen molar-refractivity contribution in [3.05, 3.63) is 11.7 Å². The second kappa shape index (κ2) is 8.08. The highest BCUT2D eigenvalue weighted by molar-refractivity contribution is 5.80. The van der Waals surface area contributed by atoms with E-state index in [1.807, 2.05) is 6.92 Å². The maximum atomic E-state index is 12.4. The van der Waals surface area contributed by atoms with E-state index >= 15 is 0 Å². The summed E-state index contributed by atoms with van der Waals surface area (Å²) in [7, 11) is 0. The molecule has 2 heterocycles. The Bertz CT molecular complexity index is 543. The quantitative estimate of drug-likeness (QED) is 0.818. The Kier molecular flexibility index (Phi) is 6.12. The van der Waals surface area contributed by atoms with Gasteiger partial charge in [-0.25, -0.2) is 0 Å². The first-order valence-corrected chi connectivity index (χ1v) is 8.41. The molecular formula is C16H26N4O3. The third-order valence-corrected chi connectivity index (χ3v) is 4.37. The van der Waals surface area contributed by atoms with E-state index in [-0.39, 0.29) is 23.8 Å². The average Bonchev–Trinajstić information content (AvgIpc) is 2.95. The third kappa shape index (κ3) is 4.77. The predicted molar refractivity (Wildman–Crippen MR) is 84.3 cm³/mol. The molecular weight excluding hydrogens is 296 g/mol. The van der Waals surface area contributed by atoms with Gasteiger partial charge in [0, 0.05) is 31.8 Å². The molecule has 1 saturated heterocycles. The van der Waals surface area contributed by atoms with Crippen molar-refractivity contribution in [3.8, 4) is 0 Å². The summed E-state index contributed by atoms with van der Waals surface area (Å²) < 4.78 is 5.17. The van der Waals surface area contributed by atoms with Crippen molar-refractivity contribution in [3.63, 3.8) is 0 Å². The first kappa shape index (κ1) is 17.4. The summed E-state index contributed by atoms with van der Waals surface area (Å²) in [6.07, 6.45) is 5.06. The van der Waals surface area contributed by atoms with Gasteiger partial charge in [0.15, 0.2) is 5.82 Å². The van der Waals surface area contributed by atoms with Gasteiger partial charge < -0.3 is 15.2 Å². The van der Waals surface area contributed by atoms with E-state index in [0.29, 0.717) is 31.7 Å². The summed E-state index contributed by atoms with van der Waals surface area (Å²) in [4.78, 5) is 29.8. The molecule has 0 aromatic carbocycles. The lowest BCUT2D eigenvalue weighted by molar-refractivity contribution is -0.137. The van der Waals surface area contributed by atoms with Crippen LogP contribution in [-0.4, -0.2) is 39.4 Å². The van der Waals surface area contributed by atoms with Crippen LogP contribution in [0.2, 0.25) is 0 Å². The number of primary amides is 1. The van der Waals surface area contributed by atoms with Crippen LogP contribution in [0.5, 0.6) is 0 Å². The van der Waals surface area contributed by atoms with Gasteiger partial charge in [-0.3, -0.25) is 9.59 Å². The van der Waals surface area contributed by atoms with Crippen LogP contribution in [0, 0.1) is 5.92 Å². The number of carbonyl (C=O) groups excluding carboxylic acids is 2. The summed E-state index contributed by atoms with van der Waals surface area (Å²) in [5, 5.41) is 3.90. The standard InChI is InChI=1S/C16H26N4O3/c1-3-5-13-18-14(23-19-13)6-4-7-15(21)20-10-12(16(17)22)9-8-11(20)2/h11-12H,3-10H2,1-2H3,(H2,17,22). The lowest BCUT2D eigenvalue weighted by Crippen LogP contribution is -2.48. The van der Waals surface area contributed by atoms with Crippen molar-refractivity contribution in [1.82, 2.24) is 15.0 Å². The minimum atomic E-state index is -0.316. The van der Waals surface area contributed by atoms with Gasteiger partial charge in [0.2, 0.25) is 17.7 Å². The summed E-state index contributed by atoms with van der Waals surface area (Å²) in [6, 6.07) is 0.165. The van der Waals surface area contributed by atoms with Crippen LogP contribution in [0.1, 0.15) is 57.7 Å². The molecule has 2 amide bonds. The molecule has 0 bridgehead atoms. The number of amides is 2. The van der Waals surface area contributed by atoms with E-state index in [1.54, 1.807) is 4.90 Å². The number of piperidine rings is 1. The molecule has 0 aliphatic carbocycles. The van der Waals surface area contributed by atoms with Gasteiger partial charge in [0.05, 0.1) is 5.92 Å². The number of aryl methyl sites for hydroxylation is 2. The molecule has 1 fully saturated rings. The lowest BCUT2D eigenvalue weighted by atomic mass is 9.92. The second-order valence-corrected chi connectivity index (χ2v) is 6.28. The molecule has 1 aliphatic rings. The Balaban J connectivity index is 1.79. The molecule has 2 rings (SSSR count). The van der Waals surface area contributed by atoms with Gasteiger partial charge >= 0.3 is 0 Å². The Labute approximate surface area is 136 Å². The fourth-order valence-electron chi connectivity index (χ4n) is 2.94. The summed E-state index contributed by atoms with van der Waals surface area (Å²) in [5.41, 5.74) is 5.37. The van der Waals surface area contributed by atoms with Crippen LogP contribution in [0.3, 0.4) is 0 Å². The minimum Gasteiger partial charge on any atom is -0.369 e. The van der Waals surface area contributed by atoms with Crippen molar-refractivity contribution in [2.75, 3.05) is 6.54 Å². The summed E-state index contributed by atoms with van der Waals surface area (Å²) in [5.74, 6) is 0.842. The maximum absolute atomic E-state index is 12.4. The number of likely N-dealkylation sites (tertiary alicyclic amines) is 1. The van der Waals surface area contributed by atoms with E-state index in [0.717, 1.165) is 31.5 Å². The van der Waals surface area contributed by atoms with E-state index < -0.39 is 0 Å². The number of nitrogens with two attached hydrogens (primary N) is 1. The monoisotopic (exact) mass is 322 g/mol. The lowest BCUT2D eigenvalue weighted by Gasteiger charge is -2.37. The van der Waals surface area contributed by atoms with E-state index in [1.165, 1.54) is 0 Å². The van der Waals surface area contributed by atoms with Crippen molar-refractivity contribution >= 4 is 11.8 Å². The van der Waals surface area contributed by atoms with Crippen LogP contribution in [0.15, 0.2) is 4.52 Å². The van der Waals surface area contributed by atoms with Crippen LogP contribution in [0.25, 0.3) is 0 Å². The van der Waals surface area contributed by atoms with Crippen molar-refractivity contribution in [1.29, 1.82) is 0 Å². The first-order valence-electron chi connectivity index (χ1n) is 8.41. The second-order valence-electron chi connectivity index (χ2n) is 6.28. The first-order chi connectivity index (χ1) is 11.0. The molecule has 7 heteroatoms. The zero-order valence-electron chi connectivity index (χ0n) is 14.0. The Morgan fingerprint density at radius 1 is 1.35 bits per heavy atom. The molecule has 128 valence electrons. The topological polar surface area (TPSA) is 102 Å². The van der Waals surface area contributed by atoms with Crippen LogP contribution in [-0.2, 0) is 22.4 Å². The molecule has 1 aromatic rings. The number of hydrogen-bond acceptors (Lipinski definition) is 5. The molecule has 2 unspecified atom stereocenters. The normalized spacial score (nSPS) is 21.4. The molecule has 0 radical (unpaired) electrons. The van der Waals surface area contributed by atoms with Gasteiger partial charge in [-0.1, -0.05) is 12.1 Å². The zero-order valence-corrected chi connectivity index (χ0v) is 14.0. The molecule has 23 heavy (non-hydrogen) atoms. The predicted octanol–water partition coefficient (Wildman–Crippen LogP) is 1.46. The van der Waals surface area contributed by atoms with Gasteiger partial charge in [-0.05, 0) is 32.6 Å². The highest BCUT2D eigenvalue weighted by Crippen LogP contribution is 2.22. The van der Waals surface area contributed by atoms with Gasteiger partial charge in [0.25, 0.3) is 0 Å². The molecule has 0 spiro atoms. The minimum absolute atomic E-state index is 0.0664. The highest BCUT2D eigenvalue weighted by Gasteiger charge is 2.31. The number of aromatic nitrogens is 2. The fourth-order valence-corrected chi connectivity index (χ4v) is 2.94. The van der Waals surface area contributed by atoms with Gasteiger partial charge in [0.1, 0.15) is 0 Å². The number of hydrogen-bond donors (Lipinski definition) is 1. The highest BCUT2D eigenvalue weighted by atomic mass is 16.5. The Morgan fingerprint density at radius 3 is 2.83 bits per heavy atom. The zero-order chi connectivity index (χ0) is 16.8. The largest absolute Gasteiger partial charge is 0.369 e. The van der Waals surface area contributed by atoms with Crippen LogP contribution < -0.4 is 5.73 Å². The van der Waals surface area contributed by atoms with Gasteiger partial charge in [-0.15, -0.1) is 0 Å². The van der Waals surface area contributed by atoms with Gasteiger partial charge in [-0.2, -0.15) is 4.98 Å². The van der Waals surface area contributed by atoms with Crippen LogP contribution >= 0.6 is 0 Å². The molecule has 1 aromatic heterocycles. The number of carbonyl (C=O) groups is 2. The molecule has 2 N–H and O–H groups in total. The average molecular weight is 322 g/mol. The third-order valence-electron chi connectivity index (χ3n) is 4.37. The Morgan fingerprint density at radius 2 is 2.13 bits per heavy atom. The molecule has 7 nitrogen and oxygen atoms in total.